The first-order valence-corrected chi connectivity index (χ1v) is 3.89. The Morgan fingerprint density at radius 3 is 3.00 bits per heavy atom. The summed E-state index contributed by atoms with van der Waals surface area (Å²) < 4.78 is 4.52. The average molecular weight is 177 g/mol. The zero-order valence-corrected chi connectivity index (χ0v) is 7.49. The van der Waals surface area contributed by atoms with E-state index in [1.807, 2.05) is 6.07 Å². The van der Waals surface area contributed by atoms with Crippen LogP contribution in [-0.4, -0.2) is 18.1 Å². The fourth-order valence-corrected chi connectivity index (χ4v) is 0.920. The fraction of sp³-hybridized carbons (Fsp3) is 0.200. The molecule has 0 aliphatic rings. The molecule has 1 rings (SSSR count). The normalized spacial score (nSPS) is 9.31. The third-order valence-electron chi connectivity index (χ3n) is 1.66. The Hall–Kier alpha value is -1.64. The molecule has 0 spiro atoms. The largest absolute Gasteiger partial charge is 0.469 e. The van der Waals surface area contributed by atoms with Crippen LogP contribution in [0.3, 0.4) is 0 Å². The van der Waals surface area contributed by atoms with Crippen molar-refractivity contribution >= 4 is 11.5 Å². The Morgan fingerprint density at radius 1 is 1.69 bits per heavy atom. The van der Waals surface area contributed by atoms with Crippen molar-refractivity contribution in [3.05, 3.63) is 36.7 Å². The molecule has 0 amide bonds. The second-order valence-electron chi connectivity index (χ2n) is 2.60. The molecule has 0 bridgehead atoms. The van der Waals surface area contributed by atoms with Gasteiger partial charge in [-0.1, -0.05) is 12.6 Å². The summed E-state index contributed by atoms with van der Waals surface area (Å²) in [7, 11) is 1.36. The van der Waals surface area contributed by atoms with Gasteiger partial charge in [-0.3, -0.25) is 9.78 Å². The molecule has 3 nitrogen and oxygen atoms in total. The van der Waals surface area contributed by atoms with Gasteiger partial charge in [0, 0.05) is 12.4 Å². The molecule has 0 fully saturated rings. The van der Waals surface area contributed by atoms with E-state index in [0.29, 0.717) is 0 Å². The first-order chi connectivity index (χ1) is 6.24. The van der Waals surface area contributed by atoms with Crippen LogP contribution in [-0.2, 0) is 9.53 Å². The number of aromatic nitrogens is 1. The van der Waals surface area contributed by atoms with Crippen molar-refractivity contribution < 1.29 is 9.53 Å². The van der Waals surface area contributed by atoms with Gasteiger partial charge in [-0.05, 0) is 17.2 Å². The van der Waals surface area contributed by atoms with Crippen molar-refractivity contribution in [2.45, 2.75) is 6.42 Å². The van der Waals surface area contributed by atoms with Crippen molar-refractivity contribution in [1.82, 2.24) is 4.98 Å². The third kappa shape index (κ3) is 2.71. The highest BCUT2D eigenvalue weighted by molar-refractivity contribution is 5.83. The maximum absolute atomic E-state index is 10.9. The summed E-state index contributed by atoms with van der Waals surface area (Å²) in [6, 6.07) is 3.66. The molecule has 13 heavy (non-hydrogen) atoms. The van der Waals surface area contributed by atoms with Gasteiger partial charge in [-0.25, -0.2) is 0 Å². The Balaban J connectivity index is 2.65. The highest BCUT2D eigenvalue weighted by atomic mass is 16.5. The van der Waals surface area contributed by atoms with E-state index in [1.165, 1.54) is 7.11 Å². The molecule has 0 unspecified atom stereocenters. The van der Waals surface area contributed by atoms with E-state index < -0.39 is 0 Å². The Labute approximate surface area is 77.1 Å². The number of hydrogen-bond acceptors (Lipinski definition) is 3. The maximum Gasteiger partial charge on any atom is 0.309 e. The van der Waals surface area contributed by atoms with Crippen molar-refractivity contribution in [3.8, 4) is 0 Å². The molecule has 1 heterocycles. The number of hydrogen-bond donors (Lipinski definition) is 0. The smallest absolute Gasteiger partial charge is 0.309 e. The molecular weight excluding hydrogens is 166 g/mol. The summed E-state index contributed by atoms with van der Waals surface area (Å²) in [6.07, 6.45) is 3.56. The molecule has 0 saturated carbocycles. The minimum Gasteiger partial charge on any atom is -0.469 e. The Morgan fingerprint density at radius 2 is 2.46 bits per heavy atom. The molecule has 1 aromatic rings. The molecule has 3 heteroatoms. The predicted molar refractivity (Wildman–Crippen MR) is 49.9 cm³/mol. The number of nitrogens with zero attached hydrogens (tertiary/aromatic N) is 1. The number of methoxy groups -OCH3 is 1. The summed E-state index contributed by atoms with van der Waals surface area (Å²) in [5.41, 5.74) is 1.59. The highest BCUT2D eigenvalue weighted by Gasteiger charge is 2.05. The van der Waals surface area contributed by atoms with Crippen LogP contribution in [0.15, 0.2) is 31.1 Å². The molecule has 1 aromatic heterocycles. The molecule has 0 atom stereocenters. The fourth-order valence-electron chi connectivity index (χ4n) is 0.920. The van der Waals surface area contributed by atoms with Crippen LogP contribution < -0.4 is 0 Å². The average Bonchev–Trinajstić information content (AvgIpc) is 2.19. The van der Waals surface area contributed by atoms with Crippen molar-refractivity contribution in [2.24, 2.45) is 0 Å². The van der Waals surface area contributed by atoms with Gasteiger partial charge in [-0.15, -0.1) is 0 Å². The van der Waals surface area contributed by atoms with Crippen LogP contribution in [0, 0.1) is 0 Å². The highest BCUT2D eigenvalue weighted by Crippen LogP contribution is 2.14. The van der Waals surface area contributed by atoms with Crippen LogP contribution >= 0.6 is 0 Å². The zero-order valence-electron chi connectivity index (χ0n) is 7.49. The molecular formula is C10H11NO2. The van der Waals surface area contributed by atoms with Gasteiger partial charge >= 0.3 is 5.97 Å². The van der Waals surface area contributed by atoms with Crippen LogP contribution in [0.5, 0.6) is 0 Å². The number of esters is 1. The molecule has 0 aliphatic heterocycles. The summed E-state index contributed by atoms with van der Waals surface area (Å²) >= 11 is 0. The molecule has 0 N–H and O–H groups in total. The summed E-state index contributed by atoms with van der Waals surface area (Å²) in [5.74, 6) is -0.283. The summed E-state index contributed by atoms with van der Waals surface area (Å²) in [6.45, 7) is 3.77. The van der Waals surface area contributed by atoms with Crippen molar-refractivity contribution in [1.29, 1.82) is 0 Å². The number of pyridine rings is 1. The maximum atomic E-state index is 10.9. The minimum absolute atomic E-state index is 0.211. The second kappa shape index (κ2) is 4.40. The van der Waals surface area contributed by atoms with Crippen molar-refractivity contribution in [2.75, 3.05) is 7.11 Å². The van der Waals surface area contributed by atoms with Crippen LogP contribution in [0.2, 0.25) is 0 Å². The van der Waals surface area contributed by atoms with E-state index in [1.54, 1.807) is 18.5 Å². The van der Waals surface area contributed by atoms with Gasteiger partial charge in [0.1, 0.15) is 0 Å². The van der Waals surface area contributed by atoms with Crippen LogP contribution in [0.25, 0.3) is 5.57 Å². The minimum atomic E-state index is -0.283. The van der Waals surface area contributed by atoms with Gasteiger partial charge in [0.2, 0.25) is 0 Å². The predicted octanol–water partition coefficient (Wildman–Crippen LogP) is 1.66. The lowest BCUT2D eigenvalue weighted by molar-refractivity contribution is -0.139. The molecule has 0 saturated heterocycles. The Bertz CT molecular complexity index is 306. The lowest BCUT2D eigenvalue weighted by Crippen LogP contribution is -2.00. The lowest BCUT2D eigenvalue weighted by atomic mass is 10.1. The van der Waals surface area contributed by atoms with E-state index in [4.69, 9.17) is 0 Å². The van der Waals surface area contributed by atoms with Gasteiger partial charge in [0.25, 0.3) is 0 Å². The number of carbonyl (C=O) groups excluding carboxylic acids is 1. The van der Waals surface area contributed by atoms with Gasteiger partial charge in [-0.2, -0.15) is 0 Å². The van der Waals surface area contributed by atoms with Gasteiger partial charge < -0.3 is 4.74 Å². The Kier molecular flexibility index (Phi) is 3.20. The molecule has 0 aliphatic carbocycles. The monoisotopic (exact) mass is 177 g/mol. The van der Waals surface area contributed by atoms with Gasteiger partial charge in [0.15, 0.2) is 0 Å². The number of ether oxygens (including phenoxy) is 1. The number of rotatable bonds is 3. The summed E-state index contributed by atoms with van der Waals surface area (Å²) in [4.78, 5) is 14.8. The van der Waals surface area contributed by atoms with E-state index in [0.717, 1.165) is 11.1 Å². The molecule has 0 radical (unpaired) electrons. The summed E-state index contributed by atoms with van der Waals surface area (Å²) in [5, 5.41) is 0. The third-order valence-corrected chi connectivity index (χ3v) is 1.66. The number of carbonyl (C=O) groups is 1. The van der Waals surface area contributed by atoms with Crippen LogP contribution in [0.4, 0.5) is 0 Å². The van der Waals surface area contributed by atoms with E-state index in [2.05, 4.69) is 16.3 Å². The topological polar surface area (TPSA) is 39.2 Å². The van der Waals surface area contributed by atoms with Gasteiger partial charge in [0.05, 0.1) is 13.5 Å². The van der Waals surface area contributed by atoms with Crippen molar-refractivity contribution in [3.63, 3.8) is 0 Å². The SMILES string of the molecule is C=C(CC(=O)OC)c1cccnc1. The lowest BCUT2D eigenvalue weighted by Gasteiger charge is -2.02. The van der Waals surface area contributed by atoms with E-state index >= 15 is 0 Å². The quantitative estimate of drug-likeness (QED) is 0.659. The first kappa shape index (κ1) is 9.45. The first-order valence-electron chi connectivity index (χ1n) is 3.89. The molecule has 0 aromatic carbocycles. The van der Waals surface area contributed by atoms with Crippen LogP contribution in [0.1, 0.15) is 12.0 Å². The van der Waals surface area contributed by atoms with E-state index in [9.17, 15) is 4.79 Å². The second-order valence-corrected chi connectivity index (χ2v) is 2.60. The molecule has 68 valence electrons. The zero-order chi connectivity index (χ0) is 9.68. The standard InChI is InChI=1S/C10H11NO2/c1-8(6-10(12)13-2)9-4-3-5-11-7-9/h3-5,7H,1,6H2,2H3. The van der Waals surface area contributed by atoms with E-state index in [-0.39, 0.29) is 12.4 Å².